The second kappa shape index (κ2) is 3.73. The summed E-state index contributed by atoms with van der Waals surface area (Å²) in [6.45, 7) is 8.61. The van der Waals surface area contributed by atoms with Gasteiger partial charge in [0.25, 0.3) is 0 Å². The minimum absolute atomic E-state index is 0.0362. The first kappa shape index (κ1) is 9.96. The molecule has 0 N–H and O–H groups in total. The molecule has 0 saturated carbocycles. The molecule has 0 aliphatic heterocycles. The van der Waals surface area contributed by atoms with Gasteiger partial charge in [0, 0.05) is 19.2 Å². The van der Waals surface area contributed by atoms with Crippen LogP contribution in [0.5, 0.6) is 0 Å². The van der Waals surface area contributed by atoms with E-state index >= 15 is 0 Å². The summed E-state index contributed by atoms with van der Waals surface area (Å²) in [4.78, 5) is 11.1. The monoisotopic (exact) mass is 180 g/mol. The maximum Gasteiger partial charge on any atom is 0.179 e. The number of rotatable bonds is 3. The van der Waals surface area contributed by atoms with Crippen LogP contribution in [-0.2, 0) is 6.54 Å². The number of hydrogen-bond donors (Lipinski definition) is 0. The number of carbonyl (C=O) groups excluding carboxylic acids is 1. The Bertz CT molecular complexity index is 313. The van der Waals surface area contributed by atoms with Crippen molar-refractivity contribution < 1.29 is 4.79 Å². The lowest BCUT2D eigenvalue weighted by molar-refractivity contribution is 0.101. The molecule has 0 aromatic carbocycles. The zero-order valence-electron chi connectivity index (χ0n) is 8.66. The predicted molar refractivity (Wildman–Crippen MR) is 52.0 cm³/mol. The molecule has 0 aliphatic rings. The third-order valence-electron chi connectivity index (χ3n) is 2.06. The number of ketones is 1. The molecular weight excluding hydrogens is 164 g/mol. The van der Waals surface area contributed by atoms with Crippen molar-refractivity contribution in [2.75, 3.05) is 0 Å². The van der Waals surface area contributed by atoms with Crippen molar-refractivity contribution in [1.82, 2.24) is 9.78 Å². The van der Waals surface area contributed by atoms with Gasteiger partial charge in [-0.25, -0.2) is 0 Å². The number of Topliss-reactive ketones (excluding diaryl/α,β-unsaturated/α-hetero) is 1. The first-order chi connectivity index (χ1) is 6.06. The highest BCUT2D eigenvalue weighted by Gasteiger charge is 2.11. The van der Waals surface area contributed by atoms with Gasteiger partial charge >= 0.3 is 0 Å². The van der Waals surface area contributed by atoms with Gasteiger partial charge in [0.1, 0.15) is 5.69 Å². The number of hydrogen-bond acceptors (Lipinski definition) is 2. The van der Waals surface area contributed by atoms with Crippen LogP contribution in [0.15, 0.2) is 6.07 Å². The summed E-state index contributed by atoms with van der Waals surface area (Å²) in [7, 11) is 0. The Balaban J connectivity index is 3.11. The van der Waals surface area contributed by atoms with E-state index < -0.39 is 0 Å². The van der Waals surface area contributed by atoms with E-state index in [1.54, 1.807) is 6.92 Å². The molecule has 1 aromatic heterocycles. The molecule has 3 heteroatoms. The van der Waals surface area contributed by atoms with Crippen LogP contribution in [-0.4, -0.2) is 15.6 Å². The summed E-state index contributed by atoms with van der Waals surface area (Å²) in [5.41, 5.74) is 1.71. The van der Waals surface area contributed by atoms with Crippen molar-refractivity contribution >= 4 is 5.78 Å². The Kier molecular flexibility index (Phi) is 2.86. The van der Waals surface area contributed by atoms with Gasteiger partial charge in [-0.3, -0.25) is 9.48 Å². The lowest BCUT2D eigenvalue weighted by Crippen LogP contribution is -2.04. The zero-order chi connectivity index (χ0) is 10.0. The third-order valence-corrected chi connectivity index (χ3v) is 2.06. The average molecular weight is 180 g/mol. The van der Waals surface area contributed by atoms with Crippen LogP contribution in [0.4, 0.5) is 0 Å². The molecule has 0 amide bonds. The lowest BCUT2D eigenvalue weighted by Gasteiger charge is -2.06. The summed E-state index contributed by atoms with van der Waals surface area (Å²) in [6, 6.07) is 1.89. The van der Waals surface area contributed by atoms with E-state index in [4.69, 9.17) is 0 Å². The van der Waals surface area contributed by atoms with Crippen molar-refractivity contribution in [3.05, 3.63) is 17.5 Å². The zero-order valence-corrected chi connectivity index (χ0v) is 8.66. The van der Waals surface area contributed by atoms with E-state index in [0.717, 1.165) is 12.2 Å². The highest BCUT2D eigenvalue weighted by atomic mass is 16.1. The molecule has 0 aliphatic carbocycles. The van der Waals surface area contributed by atoms with E-state index in [9.17, 15) is 4.79 Å². The minimum Gasteiger partial charge on any atom is -0.293 e. The molecule has 1 aromatic rings. The summed E-state index contributed by atoms with van der Waals surface area (Å²) in [6.07, 6.45) is 0. The molecule has 13 heavy (non-hydrogen) atoms. The maximum atomic E-state index is 11.1. The molecule has 0 fully saturated rings. The Morgan fingerprint density at radius 2 is 2.23 bits per heavy atom. The Morgan fingerprint density at radius 1 is 1.62 bits per heavy atom. The second-order valence-electron chi connectivity index (χ2n) is 3.48. The molecule has 3 nitrogen and oxygen atoms in total. The fourth-order valence-corrected chi connectivity index (χ4v) is 1.32. The fourth-order valence-electron chi connectivity index (χ4n) is 1.32. The number of aryl methyl sites for hydroxylation is 1. The van der Waals surface area contributed by atoms with Crippen LogP contribution >= 0.6 is 0 Å². The molecule has 1 rings (SSSR count). The largest absolute Gasteiger partial charge is 0.293 e. The lowest BCUT2D eigenvalue weighted by atomic mass is 10.1. The van der Waals surface area contributed by atoms with Crippen LogP contribution in [0.3, 0.4) is 0 Å². The minimum atomic E-state index is 0.0362. The van der Waals surface area contributed by atoms with E-state index in [2.05, 4.69) is 18.9 Å². The van der Waals surface area contributed by atoms with Crippen molar-refractivity contribution in [2.24, 2.45) is 0 Å². The molecule has 0 atom stereocenters. The van der Waals surface area contributed by atoms with Gasteiger partial charge in [0.15, 0.2) is 5.78 Å². The van der Waals surface area contributed by atoms with Crippen LogP contribution in [0, 0.1) is 0 Å². The first-order valence-electron chi connectivity index (χ1n) is 4.65. The average Bonchev–Trinajstić information content (AvgIpc) is 2.47. The summed E-state index contributed by atoms with van der Waals surface area (Å²) in [5.74, 6) is 0.453. The third kappa shape index (κ3) is 1.97. The van der Waals surface area contributed by atoms with Gasteiger partial charge in [-0.2, -0.15) is 5.10 Å². The molecule has 0 saturated heterocycles. The highest BCUT2D eigenvalue weighted by Crippen LogP contribution is 2.15. The van der Waals surface area contributed by atoms with Crippen LogP contribution < -0.4 is 0 Å². The van der Waals surface area contributed by atoms with Gasteiger partial charge < -0.3 is 0 Å². The molecule has 0 bridgehead atoms. The number of carbonyl (C=O) groups is 1. The second-order valence-corrected chi connectivity index (χ2v) is 3.48. The topological polar surface area (TPSA) is 34.9 Å². The Hall–Kier alpha value is -1.12. The van der Waals surface area contributed by atoms with Crippen molar-refractivity contribution in [1.29, 1.82) is 0 Å². The van der Waals surface area contributed by atoms with E-state index in [1.807, 2.05) is 17.7 Å². The molecule has 0 radical (unpaired) electrons. The van der Waals surface area contributed by atoms with Gasteiger partial charge in [-0.1, -0.05) is 13.8 Å². The first-order valence-corrected chi connectivity index (χ1v) is 4.65. The van der Waals surface area contributed by atoms with Gasteiger partial charge in [0.2, 0.25) is 0 Å². The SMILES string of the molecule is CCn1nc(C(C)=O)cc1C(C)C. The summed E-state index contributed by atoms with van der Waals surface area (Å²) >= 11 is 0. The predicted octanol–water partition coefficient (Wildman–Crippen LogP) is 2.23. The molecule has 0 spiro atoms. The summed E-state index contributed by atoms with van der Waals surface area (Å²) in [5, 5.41) is 4.22. The smallest absolute Gasteiger partial charge is 0.179 e. The quantitative estimate of drug-likeness (QED) is 0.668. The van der Waals surface area contributed by atoms with Crippen molar-refractivity contribution in [2.45, 2.75) is 40.2 Å². The maximum absolute atomic E-state index is 11.1. The standard InChI is InChI=1S/C10H16N2O/c1-5-12-10(7(2)3)6-9(11-12)8(4)13/h6-7H,5H2,1-4H3. The normalized spacial score (nSPS) is 10.8. The van der Waals surface area contributed by atoms with Crippen molar-refractivity contribution in [3.63, 3.8) is 0 Å². The van der Waals surface area contributed by atoms with E-state index in [-0.39, 0.29) is 5.78 Å². The molecule has 72 valence electrons. The van der Waals surface area contributed by atoms with Gasteiger partial charge in [-0.05, 0) is 18.9 Å². The van der Waals surface area contributed by atoms with E-state index in [1.165, 1.54) is 0 Å². The Labute approximate surface area is 78.8 Å². The van der Waals surface area contributed by atoms with Gasteiger partial charge in [-0.15, -0.1) is 0 Å². The molecule has 0 unspecified atom stereocenters. The van der Waals surface area contributed by atoms with Crippen LogP contribution in [0.1, 0.15) is 49.8 Å². The number of aromatic nitrogens is 2. The fraction of sp³-hybridized carbons (Fsp3) is 0.600. The molecular formula is C10H16N2O. The van der Waals surface area contributed by atoms with Crippen LogP contribution in [0.25, 0.3) is 0 Å². The van der Waals surface area contributed by atoms with Crippen molar-refractivity contribution in [3.8, 4) is 0 Å². The molecule has 1 heterocycles. The highest BCUT2D eigenvalue weighted by molar-refractivity contribution is 5.92. The van der Waals surface area contributed by atoms with Crippen LogP contribution in [0.2, 0.25) is 0 Å². The summed E-state index contributed by atoms with van der Waals surface area (Å²) < 4.78 is 1.89. The Morgan fingerprint density at radius 3 is 2.54 bits per heavy atom. The van der Waals surface area contributed by atoms with Gasteiger partial charge in [0.05, 0.1) is 0 Å². The van der Waals surface area contributed by atoms with E-state index in [0.29, 0.717) is 11.6 Å². The number of nitrogens with zero attached hydrogens (tertiary/aromatic N) is 2.